The molecule has 2 heterocycles. The van der Waals surface area contributed by atoms with Crippen molar-refractivity contribution in [2.24, 2.45) is 0 Å². The minimum Gasteiger partial charge on any atom is -0.497 e. The van der Waals surface area contributed by atoms with Gasteiger partial charge < -0.3 is 29.7 Å². The second-order valence-corrected chi connectivity index (χ2v) is 9.73. The standard InChI is InChI=1S/C26H35FN2O5/c1-19-14-22(6-7-23(19)27)34-18-26(32)17-28(11-8-24(26)30)16-25(31)9-12-29(13-10-25)20-4-3-5-21(15-20)33-2/h3-7,14-15,24,30-32H,8-13,16-18H2,1-2H3/t24-,26-/m0/s1. The Morgan fingerprint density at radius 3 is 2.53 bits per heavy atom. The highest BCUT2D eigenvalue weighted by atomic mass is 19.1. The zero-order chi connectivity index (χ0) is 24.3. The normalized spacial score (nSPS) is 25.2. The summed E-state index contributed by atoms with van der Waals surface area (Å²) in [5.74, 6) is 0.934. The molecule has 0 unspecified atom stereocenters. The molecule has 0 amide bonds. The van der Waals surface area contributed by atoms with Gasteiger partial charge in [-0.3, -0.25) is 4.90 Å². The van der Waals surface area contributed by atoms with E-state index in [4.69, 9.17) is 9.47 Å². The van der Waals surface area contributed by atoms with Gasteiger partial charge in [-0.05, 0) is 62.1 Å². The molecule has 8 heteroatoms. The molecular weight excluding hydrogens is 439 g/mol. The average molecular weight is 475 g/mol. The second-order valence-electron chi connectivity index (χ2n) is 9.73. The van der Waals surface area contributed by atoms with E-state index >= 15 is 0 Å². The number of aryl methyl sites for hydroxylation is 1. The zero-order valence-electron chi connectivity index (χ0n) is 19.9. The molecule has 0 aliphatic carbocycles. The summed E-state index contributed by atoms with van der Waals surface area (Å²) in [7, 11) is 1.65. The van der Waals surface area contributed by atoms with Gasteiger partial charge in [-0.25, -0.2) is 4.39 Å². The molecule has 2 atom stereocenters. The summed E-state index contributed by atoms with van der Waals surface area (Å²) >= 11 is 0. The van der Waals surface area contributed by atoms with Crippen LogP contribution in [-0.4, -0.2) is 84.0 Å². The van der Waals surface area contributed by atoms with Gasteiger partial charge in [-0.15, -0.1) is 0 Å². The highest BCUT2D eigenvalue weighted by Gasteiger charge is 2.44. The van der Waals surface area contributed by atoms with Crippen LogP contribution in [-0.2, 0) is 0 Å². The van der Waals surface area contributed by atoms with Crippen molar-refractivity contribution in [3.8, 4) is 11.5 Å². The number of ether oxygens (including phenoxy) is 2. The Kier molecular flexibility index (Phi) is 7.33. The molecule has 4 rings (SSSR count). The van der Waals surface area contributed by atoms with Gasteiger partial charge in [0, 0.05) is 44.5 Å². The van der Waals surface area contributed by atoms with Crippen LogP contribution in [0.3, 0.4) is 0 Å². The third-order valence-electron chi connectivity index (χ3n) is 7.09. The zero-order valence-corrected chi connectivity index (χ0v) is 19.9. The van der Waals surface area contributed by atoms with Crippen LogP contribution in [0.2, 0.25) is 0 Å². The van der Waals surface area contributed by atoms with Crippen LogP contribution in [0.25, 0.3) is 0 Å². The first-order chi connectivity index (χ1) is 16.2. The fourth-order valence-electron chi connectivity index (χ4n) is 4.90. The van der Waals surface area contributed by atoms with Crippen molar-refractivity contribution in [3.63, 3.8) is 0 Å². The van der Waals surface area contributed by atoms with E-state index in [-0.39, 0.29) is 19.0 Å². The molecule has 2 saturated heterocycles. The van der Waals surface area contributed by atoms with Gasteiger partial charge in [-0.2, -0.15) is 0 Å². The summed E-state index contributed by atoms with van der Waals surface area (Å²) in [6, 6.07) is 12.3. The minimum absolute atomic E-state index is 0.113. The van der Waals surface area contributed by atoms with Crippen LogP contribution in [0.1, 0.15) is 24.8 Å². The number of halogens is 1. The van der Waals surface area contributed by atoms with Crippen LogP contribution >= 0.6 is 0 Å². The van der Waals surface area contributed by atoms with Gasteiger partial charge in [0.05, 0.1) is 18.8 Å². The highest BCUT2D eigenvalue weighted by Crippen LogP contribution is 2.31. The third kappa shape index (κ3) is 5.63. The average Bonchev–Trinajstić information content (AvgIpc) is 2.83. The lowest BCUT2D eigenvalue weighted by Crippen LogP contribution is -2.62. The van der Waals surface area contributed by atoms with Crippen molar-refractivity contribution in [2.45, 2.75) is 43.5 Å². The molecule has 0 radical (unpaired) electrons. The Balaban J connectivity index is 1.33. The predicted octanol–water partition coefficient (Wildman–Crippen LogP) is 2.35. The van der Waals surface area contributed by atoms with E-state index < -0.39 is 17.3 Å². The lowest BCUT2D eigenvalue weighted by atomic mass is 9.86. The molecule has 2 fully saturated rings. The monoisotopic (exact) mass is 474 g/mol. The Morgan fingerprint density at radius 2 is 1.82 bits per heavy atom. The van der Waals surface area contributed by atoms with Crippen molar-refractivity contribution < 1.29 is 29.2 Å². The van der Waals surface area contributed by atoms with E-state index in [1.54, 1.807) is 20.1 Å². The number of nitrogens with zero attached hydrogens (tertiary/aromatic N) is 2. The Hall–Kier alpha value is -2.39. The largest absolute Gasteiger partial charge is 0.497 e. The molecule has 0 bridgehead atoms. The van der Waals surface area contributed by atoms with E-state index in [2.05, 4.69) is 4.90 Å². The van der Waals surface area contributed by atoms with E-state index in [0.717, 1.165) is 24.5 Å². The summed E-state index contributed by atoms with van der Waals surface area (Å²) in [6.07, 6.45) is 0.656. The maximum absolute atomic E-state index is 13.5. The smallest absolute Gasteiger partial charge is 0.137 e. The molecule has 0 spiro atoms. The first-order valence-electron chi connectivity index (χ1n) is 11.8. The fourth-order valence-corrected chi connectivity index (χ4v) is 4.90. The van der Waals surface area contributed by atoms with Gasteiger partial charge in [-0.1, -0.05) is 6.07 Å². The third-order valence-corrected chi connectivity index (χ3v) is 7.09. The lowest BCUT2D eigenvalue weighted by Gasteiger charge is -2.46. The number of rotatable bonds is 7. The minimum atomic E-state index is -1.47. The first-order valence-corrected chi connectivity index (χ1v) is 11.8. The second kappa shape index (κ2) is 10.1. The quantitative estimate of drug-likeness (QED) is 0.568. The van der Waals surface area contributed by atoms with Crippen LogP contribution in [0.15, 0.2) is 42.5 Å². The number of aliphatic hydroxyl groups is 3. The van der Waals surface area contributed by atoms with Gasteiger partial charge in [0.2, 0.25) is 0 Å². The molecule has 186 valence electrons. The lowest BCUT2D eigenvalue weighted by molar-refractivity contribution is -0.149. The maximum atomic E-state index is 13.5. The molecule has 2 aliphatic heterocycles. The van der Waals surface area contributed by atoms with Crippen molar-refractivity contribution in [1.82, 2.24) is 4.90 Å². The first kappa shape index (κ1) is 24.7. The van der Waals surface area contributed by atoms with Crippen LogP contribution in [0.5, 0.6) is 11.5 Å². The molecule has 2 aliphatic rings. The number of benzene rings is 2. The molecule has 2 aromatic rings. The maximum Gasteiger partial charge on any atom is 0.137 e. The van der Waals surface area contributed by atoms with E-state index in [1.165, 1.54) is 12.1 Å². The van der Waals surface area contributed by atoms with Crippen molar-refractivity contribution in [3.05, 3.63) is 53.8 Å². The highest BCUT2D eigenvalue weighted by molar-refractivity contribution is 5.51. The van der Waals surface area contributed by atoms with Crippen molar-refractivity contribution >= 4 is 5.69 Å². The SMILES string of the molecule is COc1cccc(N2CCC(O)(CN3CC[C@H](O)[C@@](O)(COc4ccc(F)c(C)c4)C3)CC2)c1. The Bertz CT molecular complexity index is 981. The number of hydrogen-bond acceptors (Lipinski definition) is 7. The van der Waals surface area contributed by atoms with Crippen LogP contribution < -0.4 is 14.4 Å². The van der Waals surface area contributed by atoms with Gasteiger partial charge in [0.1, 0.15) is 29.5 Å². The van der Waals surface area contributed by atoms with Crippen LogP contribution in [0, 0.1) is 12.7 Å². The Labute approximate surface area is 200 Å². The number of likely N-dealkylation sites (tertiary alicyclic amines) is 1. The molecule has 34 heavy (non-hydrogen) atoms. The molecule has 0 saturated carbocycles. The number of aliphatic hydroxyl groups excluding tert-OH is 1. The number of β-amino-alcohol motifs (C(OH)–C–C–N with tert-alkyl or cyclic N) is 2. The molecule has 3 N–H and O–H groups in total. The summed E-state index contributed by atoms with van der Waals surface area (Å²) < 4.78 is 24.5. The van der Waals surface area contributed by atoms with E-state index in [9.17, 15) is 19.7 Å². The van der Waals surface area contributed by atoms with Gasteiger partial charge in [0.15, 0.2) is 0 Å². The number of anilines is 1. The van der Waals surface area contributed by atoms with E-state index in [0.29, 0.717) is 43.7 Å². The van der Waals surface area contributed by atoms with Gasteiger partial charge >= 0.3 is 0 Å². The van der Waals surface area contributed by atoms with E-state index in [1.807, 2.05) is 29.2 Å². The van der Waals surface area contributed by atoms with Crippen LogP contribution in [0.4, 0.5) is 10.1 Å². The van der Waals surface area contributed by atoms with Crippen molar-refractivity contribution in [2.75, 3.05) is 51.3 Å². The molecule has 7 nitrogen and oxygen atoms in total. The fraction of sp³-hybridized carbons (Fsp3) is 0.538. The summed E-state index contributed by atoms with van der Waals surface area (Å²) in [6.45, 7) is 4.17. The number of hydrogen-bond donors (Lipinski definition) is 3. The predicted molar refractivity (Wildman–Crippen MR) is 128 cm³/mol. The summed E-state index contributed by atoms with van der Waals surface area (Å²) in [4.78, 5) is 4.25. The summed E-state index contributed by atoms with van der Waals surface area (Å²) in [5, 5.41) is 32.9. The molecular formula is C26H35FN2O5. The number of piperidine rings is 2. The Morgan fingerprint density at radius 1 is 1.06 bits per heavy atom. The van der Waals surface area contributed by atoms with Gasteiger partial charge in [0.25, 0.3) is 0 Å². The topological polar surface area (TPSA) is 85.6 Å². The molecule has 2 aromatic carbocycles. The number of methoxy groups -OCH3 is 1. The van der Waals surface area contributed by atoms with Crippen molar-refractivity contribution in [1.29, 1.82) is 0 Å². The summed E-state index contributed by atoms with van der Waals surface area (Å²) in [5.41, 5.74) is -0.811. The molecule has 0 aromatic heterocycles.